The van der Waals surface area contributed by atoms with Gasteiger partial charge >= 0.3 is 0 Å². The van der Waals surface area contributed by atoms with Crippen LogP contribution in [0.3, 0.4) is 0 Å². The molecule has 2 atom stereocenters. The standard InChI is InChI=1S/C29H40N2O/c1-22(2)29(32)31(27-12-8-5-9-13-27)20-26-19-30(18-24-10-6-4-7-11-24)21-28(26)25-16-14-23(3)15-17-25/h4,6-7,10-11,14-17,22,26-28H,5,8-9,12-13,18-21H2,1-3H3. The predicted molar refractivity (Wildman–Crippen MR) is 133 cm³/mol. The summed E-state index contributed by atoms with van der Waals surface area (Å²) < 4.78 is 0. The molecule has 0 spiro atoms. The van der Waals surface area contributed by atoms with Crippen molar-refractivity contribution in [3.05, 3.63) is 71.3 Å². The van der Waals surface area contributed by atoms with Gasteiger partial charge in [0, 0.05) is 44.1 Å². The molecule has 1 aliphatic carbocycles. The zero-order valence-corrected chi connectivity index (χ0v) is 20.2. The summed E-state index contributed by atoms with van der Waals surface area (Å²) in [7, 11) is 0. The molecule has 2 fully saturated rings. The van der Waals surface area contributed by atoms with Crippen LogP contribution in [0.15, 0.2) is 54.6 Å². The average Bonchev–Trinajstić information content (AvgIpc) is 3.20. The van der Waals surface area contributed by atoms with Gasteiger partial charge in [-0.25, -0.2) is 0 Å². The second kappa shape index (κ2) is 10.7. The van der Waals surface area contributed by atoms with Crippen LogP contribution in [0.25, 0.3) is 0 Å². The molecule has 1 saturated heterocycles. The molecule has 2 aromatic rings. The van der Waals surface area contributed by atoms with E-state index >= 15 is 0 Å². The fourth-order valence-electron chi connectivity index (χ4n) is 5.70. The number of nitrogens with zero attached hydrogens (tertiary/aromatic N) is 2. The fourth-order valence-corrected chi connectivity index (χ4v) is 5.70. The van der Waals surface area contributed by atoms with Gasteiger partial charge in [-0.1, -0.05) is 93.3 Å². The minimum absolute atomic E-state index is 0.0663. The van der Waals surface area contributed by atoms with Crippen LogP contribution in [-0.4, -0.2) is 41.4 Å². The minimum atomic E-state index is 0.0663. The first-order valence-electron chi connectivity index (χ1n) is 12.6. The fraction of sp³-hybridized carbons (Fsp3) is 0.552. The third kappa shape index (κ3) is 5.61. The molecule has 172 valence electrons. The Morgan fingerprint density at radius 1 is 0.969 bits per heavy atom. The van der Waals surface area contributed by atoms with Gasteiger partial charge in [0.05, 0.1) is 0 Å². The highest BCUT2D eigenvalue weighted by molar-refractivity contribution is 5.78. The van der Waals surface area contributed by atoms with Crippen molar-refractivity contribution in [1.82, 2.24) is 9.80 Å². The maximum Gasteiger partial charge on any atom is 0.225 e. The Balaban J connectivity index is 1.56. The smallest absolute Gasteiger partial charge is 0.225 e. The largest absolute Gasteiger partial charge is 0.339 e. The van der Waals surface area contributed by atoms with E-state index in [0.29, 0.717) is 23.8 Å². The van der Waals surface area contributed by atoms with Crippen LogP contribution in [-0.2, 0) is 11.3 Å². The maximum absolute atomic E-state index is 13.3. The molecule has 1 saturated carbocycles. The molecule has 0 bridgehead atoms. The number of rotatable bonds is 7. The summed E-state index contributed by atoms with van der Waals surface area (Å²) in [6, 6.07) is 20.3. The monoisotopic (exact) mass is 432 g/mol. The summed E-state index contributed by atoms with van der Waals surface area (Å²) in [5.74, 6) is 1.37. The van der Waals surface area contributed by atoms with Gasteiger partial charge in [0.15, 0.2) is 0 Å². The molecular formula is C29H40N2O. The van der Waals surface area contributed by atoms with E-state index in [4.69, 9.17) is 0 Å². The Kier molecular flexibility index (Phi) is 7.67. The SMILES string of the molecule is Cc1ccc(C2CN(Cc3ccccc3)CC2CN(C(=O)C(C)C)C2CCCCC2)cc1. The summed E-state index contributed by atoms with van der Waals surface area (Å²) >= 11 is 0. The van der Waals surface area contributed by atoms with Crippen molar-refractivity contribution in [3.8, 4) is 0 Å². The van der Waals surface area contributed by atoms with Gasteiger partial charge in [-0.15, -0.1) is 0 Å². The predicted octanol–water partition coefficient (Wildman–Crippen LogP) is 6.03. The van der Waals surface area contributed by atoms with Crippen molar-refractivity contribution in [3.63, 3.8) is 0 Å². The third-order valence-electron chi connectivity index (χ3n) is 7.49. The summed E-state index contributed by atoms with van der Waals surface area (Å²) in [4.78, 5) is 18.2. The van der Waals surface area contributed by atoms with Gasteiger partial charge in [-0.05, 0) is 36.8 Å². The molecule has 1 aliphatic heterocycles. The number of hydrogen-bond acceptors (Lipinski definition) is 2. The Hall–Kier alpha value is -2.13. The topological polar surface area (TPSA) is 23.6 Å². The van der Waals surface area contributed by atoms with Gasteiger partial charge in [-0.2, -0.15) is 0 Å². The normalized spacial score (nSPS) is 22.4. The lowest BCUT2D eigenvalue weighted by molar-refractivity contribution is -0.138. The zero-order chi connectivity index (χ0) is 22.5. The molecule has 2 aliphatic rings. The van der Waals surface area contributed by atoms with E-state index in [1.807, 2.05) is 0 Å². The van der Waals surface area contributed by atoms with Crippen LogP contribution in [0, 0.1) is 18.8 Å². The van der Waals surface area contributed by atoms with Crippen molar-refractivity contribution in [2.45, 2.75) is 71.4 Å². The van der Waals surface area contributed by atoms with Gasteiger partial charge in [0.2, 0.25) is 5.91 Å². The van der Waals surface area contributed by atoms with E-state index in [1.54, 1.807) is 0 Å². The van der Waals surface area contributed by atoms with E-state index in [-0.39, 0.29) is 5.92 Å². The quantitative estimate of drug-likeness (QED) is 0.533. The molecule has 2 aromatic carbocycles. The van der Waals surface area contributed by atoms with Gasteiger partial charge in [0.1, 0.15) is 0 Å². The lowest BCUT2D eigenvalue weighted by Crippen LogP contribution is -2.47. The molecule has 0 radical (unpaired) electrons. The van der Waals surface area contributed by atoms with Crippen molar-refractivity contribution in [1.29, 1.82) is 0 Å². The lowest BCUT2D eigenvalue weighted by atomic mass is 9.86. The number of carbonyl (C=O) groups excluding carboxylic acids is 1. The Labute approximate surface area is 194 Å². The van der Waals surface area contributed by atoms with Crippen molar-refractivity contribution in [2.75, 3.05) is 19.6 Å². The number of hydrogen-bond donors (Lipinski definition) is 0. The van der Waals surface area contributed by atoms with E-state index in [0.717, 1.165) is 26.2 Å². The second-order valence-corrected chi connectivity index (χ2v) is 10.4. The van der Waals surface area contributed by atoms with Crippen LogP contribution in [0.1, 0.15) is 68.6 Å². The van der Waals surface area contributed by atoms with Crippen molar-refractivity contribution >= 4 is 5.91 Å². The third-order valence-corrected chi connectivity index (χ3v) is 7.49. The average molecular weight is 433 g/mol. The van der Waals surface area contributed by atoms with Crippen LogP contribution in [0.5, 0.6) is 0 Å². The van der Waals surface area contributed by atoms with Gasteiger partial charge < -0.3 is 4.90 Å². The van der Waals surface area contributed by atoms with E-state index in [9.17, 15) is 4.79 Å². The molecule has 1 amide bonds. The first kappa shape index (κ1) is 23.0. The van der Waals surface area contributed by atoms with Gasteiger partial charge in [0.25, 0.3) is 0 Å². The molecule has 3 nitrogen and oxygen atoms in total. The highest BCUT2D eigenvalue weighted by Crippen LogP contribution is 2.36. The molecule has 0 aromatic heterocycles. The van der Waals surface area contributed by atoms with E-state index in [1.165, 1.54) is 48.8 Å². The van der Waals surface area contributed by atoms with Crippen LogP contribution in [0.4, 0.5) is 0 Å². The Morgan fingerprint density at radius 3 is 2.31 bits per heavy atom. The Bertz CT molecular complexity index is 854. The molecule has 2 unspecified atom stereocenters. The highest BCUT2D eigenvalue weighted by Gasteiger charge is 2.38. The molecule has 4 rings (SSSR count). The molecule has 32 heavy (non-hydrogen) atoms. The number of aryl methyl sites for hydroxylation is 1. The van der Waals surface area contributed by atoms with Crippen LogP contribution < -0.4 is 0 Å². The summed E-state index contributed by atoms with van der Waals surface area (Å²) in [6.45, 7) is 10.3. The number of benzene rings is 2. The van der Waals surface area contributed by atoms with Crippen LogP contribution in [0.2, 0.25) is 0 Å². The molecular weight excluding hydrogens is 392 g/mol. The summed E-state index contributed by atoms with van der Waals surface area (Å²) in [5, 5.41) is 0. The summed E-state index contributed by atoms with van der Waals surface area (Å²) in [5.41, 5.74) is 4.11. The first-order chi connectivity index (χ1) is 15.5. The number of carbonyl (C=O) groups is 1. The highest BCUT2D eigenvalue weighted by atomic mass is 16.2. The van der Waals surface area contributed by atoms with E-state index in [2.05, 4.69) is 85.2 Å². The maximum atomic E-state index is 13.3. The molecule has 3 heteroatoms. The number of amides is 1. The van der Waals surface area contributed by atoms with E-state index < -0.39 is 0 Å². The lowest BCUT2D eigenvalue weighted by Gasteiger charge is -2.38. The molecule has 0 N–H and O–H groups in total. The molecule has 1 heterocycles. The Morgan fingerprint density at radius 2 is 1.66 bits per heavy atom. The second-order valence-electron chi connectivity index (χ2n) is 10.4. The van der Waals surface area contributed by atoms with Crippen LogP contribution >= 0.6 is 0 Å². The van der Waals surface area contributed by atoms with Gasteiger partial charge in [-0.3, -0.25) is 9.69 Å². The first-order valence-corrected chi connectivity index (χ1v) is 12.6. The summed E-state index contributed by atoms with van der Waals surface area (Å²) in [6.07, 6.45) is 6.19. The minimum Gasteiger partial charge on any atom is -0.339 e. The number of likely N-dealkylation sites (tertiary alicyclic amines) is 1. The van der Waals surface area contributed by atoms with Crippen molar-refractivity contribution in [2.24, 2.45) is 11.8 Å². The zero-order valence-electron chi connectivity index (χ0n) is 20.2. The van der Waals surface area contributed by atoms with Crippen molar-refractivity contribution < 1.29 is 4.79 Å².